The Balaban J connectivity index is 1.59. The summed E-state index contributed by atoms with van der Waals surface area (Å²) in [7, 11) is -3.55. The van der Waals surface area contributed by atoms with E-state index in [1.165, 1.54) is 16.4 Å². The van der Waals surface area contributed by atoms with Crippen molar-refractivity contribution in [3.63, 3.8) is 0 Å². The van der Waals surface area contributed by atoms with Crippen LogP contribution in [-0.4, -0.2) is 56.3 Å². The van der Waals surface area contributed by atoms with Gasteiger partial charge in [-0.25, -0.2) is 12.8 Å². The predicted molar refractivity (Wildman–Crippen MR) is 123 cm³/mol. The van der Waals surface area contributed by atoms with Gasteiger partial charge < -0.3 is 5.32 Å². The number of nitrogens with one attached hydrogen (secondary N) is 1. The number of benzene rings is 2. The van der Waals surface area contributed by atoms with Gasteiger partial charge in [0.15, 0.2) is 0 Å². The number of rotatable bonds is 7. The molecule has 1 atom stereocenters. The van der Waals surface area contributed by atoms with Crippen LogP contribution in [0.5, 0.6) is 0 Å². The van der Waals surface area contributed by atoms with E-state index < -0.39 is 10.0 Å². The number of nitrogens with zero attached hydrogens (tertiary/aromatic N) is 2. The minimum atomic E-state index is -3.55. The topological polar surface area (TPSA) is 69.7 Å². The van der Waals surface area contributed by atoms with Gasteiger partial charge in [0.05, 0.1) is 17.5 Å². The van der Waals surface area contributed by atoms with Crippen molar-refractivity contribution in [2.75, 3.05) is 32.7 Å². The van der Waals surface area contributed by atoms with E-state index >= 15 is 0 Å². The summed E-state index contributed by atoms with van der Waals surface area (Å²) in [5, 5.41) is 3.06. The maximum Gasteiger partial charge on any atom is 0.243 e. The molecule has 32 heavy (non-hydrogen) atoms. The highest BCUT2D eigenvalue weighted by Crippen LogP contribution is 2.22. The number of carbonyl (C=O) groups excluding carboxylic acids is 1. The zero-order chi connectivity index (χ0) is 23.3. The Bertz CT molecular complexity index is 1010. The van der Waals surface area contributed by atoms with Gasteiger partial charge in [-0.2, -0.15) is 4.31 Å². The van der Waals surface area contributed by atoms with Crippen LogP contribution in [-0.2, 0) is 14.8 Å². The molecule has 0 aliphatic carbocycles. The fraction of sp³-hybridized carbons (Fsp3) is 0.458. The molecule has 1 saturated heterocycles. The smallest absolute Gasteiger partial charge is 0.243 e. The lowest BCUT2D eigenvalue weighted by atomic mass is 9.96. The number of aryl methyl sites for hydroxylation is 1. The molecule has 0 unspecified atom stereocenters. The summed E-state index contributed by atoms with van der Waals surface area (Å²) >= 11 is 0. The van der Waals surface area contributed by atoms with Crippen molar-refractivity contribution in [1.29, 1.82) is 0 Å². The fourth-order valence-electron chi connectivity index (χ4n) is 3.93. The van der Waals surface area contributed by atoms with Crippen LogP contribution in [0.3, 0.4) is 0 Å². The quantitative estimate of drug-likeness (QED) is 0.687. The molecule has 8 heteroatoms. The van der Waals surface area contributed by atoms with Gasteiger partial charge in [0, 0.05) is 19.6 Å². The molecule has 1 aliphatic heterocycles. The molecule has 1 heterocycles. The normalized spacial score (nSPS) is 17.2. The van der Waals surface area contributed by atoms with Gasteiger partial charge >= 0.3 is 0 Å². The van der Waals surface area contributed by atoms with Crippen LogP contribution in [0.2, 0.25) is 0 Å². The summed E-state index contributed by atoms with van der Waals surface area (Å²) in [4.78, 5) is 15.0. The molecule has 1 amide bonds. The van der Waals surface area contributed by atoms with E-state index in [4.69, 9.17) is 0 Å². The molecule has 1 aliphatic rings. The van der Waals surface area contributed by atoms with Crippen molar-refractivity contribution in [3.8, 4) is 0 Å². The number of amides is 1. The Morgan fingerprint density at radius 3 is 2.28 bits per heavy atom. The third-order valence-corrected chi connectivity index (χ3v) is 7.70. The molecule has 2 aromatic rings. The minimum absolute atomic E-state index is 0.122. The first-order valence-corrected chi connectivity index (χ1v) is 12.4. The molecular weight excluding hydrogens is 429 g/mol. The van der Waals surface area contributed by atoms with E-state index in [2.05, 4.69) is 5.32 Å². The number of hydrogen-bond acceptors (Lipinski definition) is 4. The standard InChI is InChI=1S/C24H32FN3O3S/c1-18(2)24(20-7-9-21(25)10-8-20)26-23(29)17-27-13-4-14-28(16-15-27)32(30,31)22-11-5-19(3)6-12-22/h5-12,18,24H,4,13-17H2,1-3H3,(H,26,29)/t24-/m0/s1. The Morgan fingerprint density at radius 2 is 1.66 bits per heavy atom. The number of carbonyl (C=O) groups is 1. The van der Waals surface area contributed by atoms with Crippen LogP contribution in [0.15, 0.2) is 53.4 Å². The summed E-state index contributed by atoms with van der Waals surface area (Å²) in [6.45, 7) is 8.04. The van der Waals surface area contributed by atoms with Crippen LogP contribution >= 0.6 is 0 Å². The third kappa shape index (κ3) is 6.15. The van der Waals surface area contributed by atoms with E-state index in [-0.39, 0.29) is 30.2 Å². The van der Waals surface area contributed by atoms with Gasteiger partial charge in [-0.1, -0.05) is 43.7 Å². The van der Waals surface area contributed by atoms with E-state index in [0.717, 1.165) is 11.1 Å². The second kappa shape index (κ2) is 10.6. The van der Waals surface area contributed by atoms with Crippen molar-refractivity contribution >= 4 is 15.9 Å². The van der Waals surface area contributed by atoms with Crippen LogP contribution in [0, 0.1) is 18.7 Å². The van der Waals surface area contributed by atoms with Crippen molar-refractivity contribution in [1.82, 2.24) is 14.5 Å². The lowest BCUT2D eigenvalue weighted by Crippen LogP contribution is -2.42. The number of hydrogen-bond donors (Lipinski definition) is 1. The van der Waals surface area contributed by atoms with Crippen LogP contribution in [0.25, 0.3) is 0 Å². The Kier molecular flexibility index (Phi) is 8.03. The predicted octanol–water partition coefficient (Wildman–Crippen LogP) is 3.34. The van der Waals surface area contributed by atoms with Gasteiger partial charge in [0.25, 0.3) is 0 Å². The molecule has 174 valence electrons. The molecule has 1 fully saturated rings. The zero-order valence-electron chi connectivity index (χ0n) is 18.9. The lowest BCUT2D eigenvalue weighted by Gasteiger charge is -2.26. The average molecular weight is 462 g/mol. The molecular formula is C24H32FN3O3S. The summed E-state index contributed by atoms with van der Waals surface area (Å²) in [6, 6.07) is 12.9. The van der Waals surface area contributed by atoms with E-state index in [1.54, 1.807) is 36.4 Å². The maximum absolute atomic E-state index is 13.3. The first-order valence-electron chi connectivity index (χ1n) is 11.0. The minimum Gasteiger partial charge on any atom is -0.348 e. The molecule has 6 nitrogen and oxygen atoms in total. The van der Waals surface area contributed by atoms with Gasteiger partial charge in [-0.05, 0) is 55.6 Å². The van der Waals surface area contributed by atoms with Crippen LogP contribution in [0.4, 0.5) is 4.39 Å². The number of sulfonamides is 1. The summed E-state index contributed by atoms with van der Waals surface area (Å²) < 4.78 is 40.7. The monoisotopic (exact) mass is 461 g/mol. The van der Waals surface area contributed by atoms with Gasteiger partial charge in [-0.15, -0.1) is 0 Å². The van der Waals surface area contributed by atoms with Crippen molar-refractivity contribution in [2.45, 2.75) is 38.1 Å². The SMILES string of the molecule is Cc1ccc(S(=O)(=O)N2CCCN(CC(=O)N[C@H](c3ccc(F)cc3)C(C)C)CC2)cc1. The van der Waals surface area contributed by atoms with Crippen molar-refractivity contribution in [3.05, 3.63) is 65.5 Å². The molecule has 3 rings (SSSR count). The Labute approximate surface area is 190 Å². The second-order valence-electron chi connectivity index (χ2n) is 8.69. The number of halogens is 1. The van der Waals surface area contributed by atoms with Gasteiger partial charge in [-0.3, -0.25) is 9.69 Å². The Hall–Kier alpha value is -2.29. The first kappa shape index (κ1) is 24.4. The highest BCUT2D eigenvalue weighted by molar-refractivity contribution is 7.89. The highest BCUT2D eigenvalue weighted by Gasteiger charge is 2.28. The van der Waals surface area contributed by atoms with Crippen molar-refractivity contribution < 1.29 is 17.6 Å². The maximum atomic E-state index is 13.3. The Morgan fingerprint density at radius 1 is 1.00 bits per heavy atom. The zero-order valence-corrected chi connectivity index (χ0v) is 19.7. The van der Waals surface area contributed by atoms with Gasteiger partial charge in [0.1, 0.15) is 5.82 Å². The molecule has 2 aromatic carbocycles. The van der Waals surface area contributed by atoms with E-state index in [0.29, 0.717) is 37.5 Å². The van der Waals surface area contributed by atoms with Crippen molar-refractivity contribution in [2.24, 2.45) is 5.92 Å². The largest absolute Gasteiger partial charge is 0.348 e. The van der Waals surface area contributed by atoms with Gasteiger partial charge in [0.2, 0.25) is 15.9 Å². The second-order valence-corrected chi connectivity index (χ2v) is 10.6. The molecule has 0 saturated carbocycles. The lowest BCUT2D eigenvalue weighted by molar-refractivity contribution is -0.123. The highest BCUT2D eigenvalue weighted by atomic mass is 32.2. The van der Waals surface area contributed by atoms with Crippen LogP contribution < -0.4 is 5.32 Å². The molecule has 0 bridgehead atoms. The molecule has 1 N–H and O–H groups in total. The van der Waals surface area contributed by atoms with Crippen LogP contribution in [0.1, 0.15) is 37.4 Å². The molecule has 0 aromatic heterocycles. The first-order chi connectivity index (χ1) is 15.2. The van der Waals surface area contributed by atoms with E-state index in [1.807, 2.05) is 25.7 Å². The van der Waals surface area contributed by atoms with E-state index in [9.17, 15) is 17.6 Å². The average Bonchev–Trinajstić information content (AvgIpc) is 2.99. The fourth-order valence-corrected chi connectivity index (χ4v) is 5.40. The summed E-state index contributed by atoms with van der Waals surface area (Å²) in [5.41, 5.74) is 1.87. The summed E-state index contributed by atoms with van der Waals surface area (Å²) in [6.07, 6.45) is 0.657. The molecule has 0 spiro atoms. The summed E-state index contributed by atoms with van der Waals surface area (Å²) in [5.74, 6) is -0.288. The third-order valence-electron chi connectivity index (χ3n) is 5.79. The molecule has 0 radical (unpaired) electrons.